The number of hydrogen-bond donors (Lipinski definition) is 1. The van der Waals surface area contributed by atoms with Crippen LogP contribution in [0.4, 0.5) is 0 Å². The molecule has 4 bridgehead atoms. The number of nitrogens with one attached hydrogen (secondary N) is 1. The first-order valence-electron chi connectivity index (χ1n) is 8.90. The summed E-state index contributed by atoms with van der Waals surface area (Å²) >= 11 is 0. The van der Waals surface area contributed by atoms with Crippen LogP contribution in [0.15, 0.2) is 12.3 Å². The maximum Gasteiger partial charge on any atom is 0.0571 e. The monoisotopic (exact) mass is 287 g/mol. The van der Waals surface area contributed by atoms with E-state index < -0.39 is 0 Å². The van der Waals surface area contributed by atoms with Crippen LogP contribution in [-0.4, -0.2) is 22.4 Å². The SMILES string of the molecule is CCNC(Cn1nccc1C)C12CC3CC(CC(C3)C1)C2. The fourth-order valence-electron chi connectivity index (χ4n) is 6.09. The molecule has 1 aromatic rings. The van der Waals surface area contributed by atoms with E-state index in [0.29, 0.717) is 11.5 Å². The second-order valence-electron chi connectivity index (χ2n) is 8.04. The number of aromatic nitrogens is 2. The molecule has 3 heteroatoms. The van der Waals surface area contributed by atoms with Crippen LogP contribution in [-0.2, 0) is 6.54 Å². The molecule has 4 fully saturated rings. The standard InChI is InChI=1S/C18H29N3/c1-3-19-17(12-21-13(2)4-5-20-21)18-9-14-6-15(10-18)8-16(7-14)11-18/h4-5,14-17,19H,3,6-12H2,1-2H3. The minimum absolute atomic E-state index is 0.559. The summed E-state index contributed by atoms with van der Waals surface area (Å²) < 4.78 is 2.21. The van der Waals surface area contributed by atoms with E-state index in [0.717, 1.165) is 30.8 Å². The van der Waals surface area contributed by atoms with Crippen molar-refractivity contribution in [2.24, 2.45) is 23.2 Å². The lowest BCUT2D eigenvalue weighted by Gasteiger charge is -2.59. The van der Waals surface area contributed by atoms with Crippen LogP contribution in [0, 0.1) is 30.1 Å². The van der Waals surface area contributed by atoms with Gasteiger partial charge in [0.15, 0.2) is 0 Å². The van der Waals surface area contributed by atoms with Gasteiger partial charge in [0.1, 0.15) is 0 Å². The number of likely N-dealkylation sites (N-methyl/N-ethyl adjacent to an activating group) is 1. The van der Waals surface area contributed by atoms with E-state index in [1.165, 1.54) is 44.2 Å². The largest absolute Gasteiger partial charge is 0.312 e. The van der Waals surface area contributed by atoms with Gasteiger partial charge in [0.25, 0.3) is 0 Å². The molecule has 3 nitrogen and oxygen atoms in total. The summed E-state index contributed by atoms with van der Waals surface area (Å²) in [5, 5.41) is 8.39. The first-order chi connectivity index (χ1) is 10.2. The predicted octanol–water partition coefficient (Wildman–Crippen LogP) is 3.39. The third-order valence-electron chi connectivity index (χ3n) is 6.56. The molecule has 0 radical (unpaired) electrons. The number of rotatable bonds is 5. The molecule has 21 heavy (non-hydrogen) atoms. The molecule has 1 heterocycles. The average molecular weight is 287 g/mol. The van der Waals surface area contributed by atoms with Gasteiger partial charge in [0.2, 0.25) is 0 Å². The van der Waals surface area contributed by atoms with Crippen LogP contribution < -0.4 is 5.32 Å². The maximum absolute atomic E-state index is 4.54. The van der Waals surface area contributed by atoms with Gasteiger partial charge in [-0.05, 0) is 81.2 Å². The van der Waals surface area contributed by atoms with Crippen LogP contribution >= 0.6 is 0 Å². The summed E-state index contributed by atoms with van der Waals surface area (Å²) in [4.78, 5) is 0. The maximum atomic E-state index is 4.54. The van der Waals surface area contributed by atoms with E-state index in [1.54, 1.807) is 0 Å². The third kappa shape index (κ3) is 2.34. The highest BCUT2D eigenvalue weighted by Crippen LogP contribution is 2.61. The molecule has 116 valence electrons. The Hall–Kier alpha value is -0.830. The minimum Gasteiger partial charge on any atom is -0.312 e. The third-order valence-corrected chi connectivity index (χ3v) is 6.56. The van der Waals surface area contributed by atoms with E-state index in [9.17, 15) is 0 Å². The zero-order chi connectivity index (χ0) is 14.4. The van der Waals surface area contributed by atoms with Gasteiger partial charge >= 0.3 is 0 Å². The van der Waals surface area contributed by atoms with E-state index in [4.69, 9.17) is 0 Å². The molecule has 4 saturated carbocycles. The Morgan fingerprint density at radius 1 is 1.24 bits per heavy atom. The van der Waals surface area contributed by atoms with E-state index in [1.807, 2.05) is 6.20 Å². The van der Waals surface area contributed by atoms with Crippen molar-refractivity contribution in [2.75, 3.05) is 6.54 Å². The number of nitrogens with zero attached hydrogens (tertiary/aromatic N) is 2. The fraction of sp³-hybridized carbons (Fsp3) is 0.833. The van der Waals surface area contributed by atoms with Crippen LogP contribution in [0.2, 0.25) is 0 Å². The van der Waals surface area contributed by atoms with Crippen molar-refractivity contribution in [1.82, 2.24) is 15.1 Å². The van der Waals surface area contributed by atoms with Crippen molar-refractivity contribution in [3.05, 3.63) is 18.0 Å². The molecule has 0 aliphatic heterocycles. The zero-order valence-electron chi connectivity index (χ0n) is 13.5. The van der Waals surface area contributed by atoms with Crippen LogP contribution in [0.5, 0.6) is 0 Å². The van der Waals surface area contributed by atoms with Gasteiger partial charge in [0, 0.05) is 17.9 Å². The lowest BCUT2D eigenvalue weighted by Crippen LogP contribution is -2.57. The van der Waals surface area contributed by atoms with Gasteiger partial charge in [-0.1, -0.05) is 6.92 Å². The van der Waals surface area contributed by atoms with E-state index in [2.05, 4.69) is 35.0 Å². The van der Waals surface area contributed by atoms with E-state index in [-0.39, 0.29) is 0 Å². The smallest absolute Gasteiger partial charge is 0.0571 e. The highest BCUT2D eigenvalue weighted by molar-refractivity contribution is 5.07. The van der Waals surface area contributed by atoms with Crippen molar-refractivity contribution >= 4 is 0 Å². The predicted molar refractivity (Wildman–Crippen MR) is 85.0 cm³/mol. The molecule has 4 aliphatic rings. The molecule has 0 spiro atoms. The second-order valence-corrected chi connectivity index (χ2v) is 8.04. The topological polar surface area (TPSA) is 29.9 Å². The Bertz CT molecular complexity index is 469. The van der Waals surface area contributed by atoms with Gasteiger partial charge in [-0.15, -0.1) is 0 Å². The van der Waals surface area contributed by atoms with Crippen molar-refractivity contribution in [3.63, 3.8) is 0 Å². The van der Waals surface area contributed by atoms with E-state index >= 15 is 0 Å². The van der Waals surface area contributed by atoms with Crippen LogP contribution in [0.1, 0.15) is 51.1 Å². The van der Waals surface area contributed by atoms with Crippen LogP contribution in [0.25, 0.3) is 0 Å². The first kappa shape index (κ1) is 13.8. The average Bonchev–Trinajstić information content (AvgIpc) is 2.82. The van der Waals surface area contributed by atoms with Gasteiger partial charge < -0.3 is 5.32 Å². The van der Waals surface area contributed by atoms with Crippen molar-refractivity contribution in [1.29, 1.82) is 0 Å². The normalized spacial score (nSPS) is 38.9. The number of hydrogen-bond acceptors (Lipinski definition) is 2. The summed E-state index contributed by atoms with van der Waals surface area (Å²) in [5.74, 6) is 3.07. The molecule has 0 saturated heterocycles. The molecule has 0 amide bonds. The van der Waals surface area contributed by atoms with Gasteiger partial charge in [-0.3, -0.25) is 4.68 Å². The first-order valence-corrected chi connectivity index (χ1v) is 8.90. The lowest BCUT2D eigenvalue weighted by atomic mass is 9.47. The second kappa shape index (κ2) is 5.12. The molecular weight excluding hydrogens is 258 g/mol. The summed E-state index contributed by atoms with van der Waals surface area (Å²) in [7, 11) is 0. The summed E-state index contributed by atoms with van der Waals surface area (Å²) in [6, 6.07) is 2.73. The molecular formula is C18H29N3. The van der Waals surface area contributed by atoms with Gasteiger partial charge in [-0.2, -0.15) is 5.10 Å². The van der Waals surface area contributed by atoms with Crippen LogP contribution in [0.3, 0.4) is 0 Å². The molecule has 1 atom stereocenters. The number of aryl methyl sites for hydroxylation is 1. The molecule has 1 aromatic heterocycles. The fourth-order valence-corrected chi connectivity index (χ4v) is 6.09. The Morgan fingerprint density at radius 2 is 1.86 bits per heavy atom. The Balaban J connectivity index is 1.60. The lowest BCUT2D eigenvalue weighted by molar-refractivity contribution is -0.0770. The van der Waals surface area contributed by atoms with Crippen molar-refractivity contribution in [3.8, 4) is 0 Å². The summed E-state index contributed by atoms with van der Waals surface area (Å²) in [6.45, 7) is 6.56. The van der Waals surface area contributed by atoms with Gasteiger partial charge in [0.05, 0.1) is 6.54 Å². The molecule has 1 N–H and O–H groups in total. The van der Waals surface area contributed by atoms with Gasteiger partial charge in [-0.25, -0.2) is 0 Å². The highest BCUT2D eigenvalue weighted by Gasteiger charge is 2.54. The zero-order valence-corrected chi connectivity index (χ0v) is 13.5. The molecule has 1 unspecified atom stereocenters. The Morgan fingerprint density at radius 3 is 2.33 bits per heavy atom. The quantitative estimate of drug-likeness (QED) is 0.899. The Labute approximate surface area is 128 Å². The molecule has 0 aromatic carbocycles. The minimum atomic E-state index is 0.559. The summed E-state index contributed by atoms with van der Waals surface area (Å²) in [6.07, 6.45) is 10.9. The van der Waals surface area contributed by atoms with Crippen molar-refractivity contribution in [2.45, 2.75) is 65.0 Å². The summed E-state index contributed by atoms with van der Waals surface area (Å²) in [5.41, 5.74) is 1.85. The Kier molecular flexibility index (Phi) is 3.36. The van der Waals surface area contributed by atoms with Crippen molar-refractivity contribution < 1.29 is 0 Å². The molecule has 5 rings (SSSR count). The highest BCUT2D eigenvalue weighted by atomic mass is 15.3. The molecule has 4 aliphatic carbocycles.